The maximum atomic E-state index is 13.0. The van der Waals surface area contributed by atoms with Crippen LogP contribution in [0.4, 0.5) is 4.39 Å². The molecule has 0 saturated heterocycles. The molecule has 1 heterocycles. The smallest absolute Gasteiger partial charge is 0.253 e. The van der Waals surface area contributed by atoms with Gasteiger partial charge in [0.2, 0.25) is 0 Å². The summed E-state index contributed by atoms with van der Waals surface area (Å²) >= 11 is 11.4. The summed E-state index contributed by atoms with van der Waals surface area (Å²) < 4.78 is 13.0. The number of nitrogens with one attached hydrogen (secondary N) is 1. The molecule has 0 atom stereocenters. The Hall–Kier alpha value is -1.65. The third-order valence-electron chi connectivity index (χ3n) is 2.40. The Morgan fingerprint density at radius 2 is 2.11 bits per heavy atom. The Balaban J connectivity index is 2.03. The second-order valence-corrected chi connectivity index (χ2v) is 4.57. The Morgan fingerprint density at radius 3 is 2.79 bits per heavy atom. The van der Waals surface area contributed by atoms with E-state index in [4.69, 9.17) is 23.2 Å². The molecule has 0 saturated carbocycles. The highest BCUT2D eigenvalue weighted by Gasteiger charge is 2.08. The van der Waals surface area contributed by atoms with E-state index in [-0.39, 0.29) is 28.4 Å². The standard InChI is InChI=1S/C13H9Cl2FN2O/c14-11-5-9(7-17-12(11)15)13(19)18-6-8-2-1-3-10(16)4-8/h1-5,7H,6H2,(H,18,19). The molecule has 0 bridgehead atoms. The van der Waals surface area contributed by atoms with Crippen molar-refractivity contribution in [1.29, 1.82) is 0 Å². The summed E-state index contributed by atoms with van der Waals surface area (Å²) in [5, 5.41) is 2.99. The molecule has 2 aromatic rings. The number of hydrogen-bond donors (Lipinski definition) is 1. The summed E-state index contributed by atoms with van der Waals surface area (Å²) in [6.07, 6.45) is 1.33. The van der Waals surface area contributed by atoms with Crippen LogP contribution in [0, 0.1) is 5.82 Å². The van der Waals surface area contributed by atoms with Gasteiger partial charge in [-0.3, -0.25) is 4.79 Å². The molecule has 0 spiro atoms. The lowest BCUT2D eigenvalue weighted by molar-refractivity contribution is 0.0950. The van der Waals surface area contributed by atoms with Gasteiger partial charge in [-0.15, -0.1) is 0 Å². The largest absolute Gasteiger partial charge is 0.348 e. The molecular weight excluding hydrogens is 290 g/mol. The number of aromatic nitrogens is 1. The number of rotatable bonds is 3. The van der Waals surface area contributed by atoms with Crippen LogP contribution in [0.3, 0.4) is 0 Å². The Kier molecular flexibility index (Phi) is 4.35. The molecule has 0 fully saturated rings. The van der Waals surface area contributed by atoms with Gasteiger partial charge in [0.05, 0.1) is 10.6 Å². The highest BCUT2D eigenvalue weighted by atomic mass is 35.5. The Bertz CT molecular complexity index is 619. The van der Waals surface area contributed by atoms with Crippen LogP contribution in [0.25, 0.3) is 0 Å². The van der Waals surface area contributed by atoms with Crippen LogP contribution >= 0.6 is 23.2 Å². The van der Waals surface area contributed by atoms with E-state index in [9.17, 15) is 9.18 Å². The molecule has 0 aliphatic rings. The first-order valence-corrected chi connectivity index (χ1v) is 6.15. The predicted molar refractivity (Wildman–Crippen MR) is 71.8 cm³/mol. The lowest BCUT2D eigenvalue weighted by Crippen LogP contribution is -2.23. The predicted octanol–water partition coefficient (Wildman–Crippen LogP) is 3.46. The Morgan fingerprint density at radius 1 is 1.32 bits per heavy atom. The van der Waals surface area contributed by atoms with Crippen LogP contribution in [0.5, 0.6) is 0 Å². The van der Waals surface area contributed by atoms with Crippen molar-refractivity contribution in [1.82, 2.24) is 10.3 Å². The van der Waals surface area contributed by atoms with Crippen LogP contribution in [0.15, 0.2) is 36.5 Å². The average molecular weight is 299 g/mol. The van der Waals surface area contributed by atoms with Gasteiger partial charge < -0.3 is 5.32 Å². The molecule has 0 radical (unpaired) electrons. The van der Waals surface area contributed by atoms with Crippen LogP contribution in [0.1, 0.15) is 15.9 Å². The summed E-state index contributed by atoms with van der Waals surface area (Å²) in [6.45, 7) is 0.219. The van der Waals surface area contributed by atoms with Gasteiger partial charge >= 0.3 is 0 Å². The lowest BCUT2D eigenvalue weighted by Gasteiger charge is -2.06. The number of carbonyl (C=O) groups excluding carboxylic acids is 1. The van der Waals surface area contributed by atoms with E-state index in [0.29, 0.717) is 11.1 Å². The van der Waals surface area contributed by atoms with Gasteiger partial charge in [0.25, 0.3) is 5.91 Å². The van der Waals surface area contributed by atoms with Gasteiger partial charge in [-0.2, -0.15) is 0 Å². The molecule has 1 aromatic carbocycles. The molecular formula is C13H9Cl2FN2O. The SMILES string of the molecule is O=C(NCc1cccc(F)c1)c1cnc(Cl)c(Cl)c1. The fourth-order valence-electron chi connectivity index (χ4n) is 1.48. The summed E-state index contributed by atoms with van der Waals surface area (Å²) in [6, 6.07) is 7.42. The second-order valence-electron chi connectivity index (χ2n) is 3.81. The number of carbonyl (C=O) groups is 1. The zero-order valence-electron chi connectivity index (χ0n) is 9.66. The Labute approximate surface area is 119 Å². The van der Waals surface area contributed by atoms with Gasteiger partial charge in [-0.1, -0.05) is 35.3 Å². The van der Waals surface area contributed by atoms with Gasteiger partial charge in [-0.05, 0) is 23.8 Å². The van der Waals surface area contributed by atoms with E-state index in [1.807, 2.05) is 0 Å². The molecule has 0 unspecified atom stereocenters. The van der Waals surface area contributed by atoms with E-state index in [1.165, 1.54) is 24.4 Å². The zero-order valence-corrected chi connectivity index (χ0v) is 11.2. The molecule has 2 rings (SSSR count). The molecule has 1 N–H and O–H groups in total. The van der Waals surface area contributed by atoms with Crippen molar-refractivity contribution >= 4 is 29.1 Å². The van der Waals surface area contributed by atoms with Crippen LogP contribution < -0.4 is 5.32 Å². The van der Waals surface area contributed by atoms with Gasteiger partial charge in [0, 0.05) is 12.7 Å². The van der Waals surface area contributed by atoms with E-state index in [2.05, 4.69) is 10.3 Å². The normalized spacial score (nSPS) is 10.3. The monoisotopic (exact) mass is 298 g/mol. The quantitative estimate of drug-likeness (QED) is 0.882. The second kappa shape index (κ2) is 5.99. The number of halogens is 3. The maximum absolute atomic E-state index is 13.0. The molecule has 6 heteroatoms. The van der Waals surface area contributed by atoms with Crippen molar-refractivity contribution in [3.05, 3.63) is 63.6 Å². The minimum absolute atomic E-state index is 0.142. The summed E-state index contributed by atoms with van der Waals surface area (Å²) in [4.78, 5) is 15.6. The van der Waals surface area contributed by atoms with E-state index >= 15 is 0 Å². The molecule has 0 aliphatic carbocycles. The third-order valence-corrected chi connectivity index (χ3v) is 3.09. The molecule has 1 aromatic heterocycles. The van der Waals surface area contributed by atoms with Crippen molar-refractivity contribution < 1.29 is 9.18 Å². The van der Waals surface area contributed by atoms with E-state index in [0.717, 1.165) is 0 Å². The van der Waals surface area contributed by atoms with Gasteiger partial charge in [0.1, 0.15) is 11.0 Å². The van der Waals surface area contributed by atoms with Crippen molar-refractivity contribution in [3.8, 4) is 0 Å². The van der Waals surface area contributed by atoms with Crippen LogP contribution in [-0.2, 0) is 6.54 Å². The first-order valence-electron chi connectivity index (χ1n) is 5.40. The van der Waals surface area contributed by atoms with Crippen molar-refractivity contribution in [2.45, 2.75) is 6.54 Å². The molecule has 0 aliphatic heterocycles. The van der Waals surface area contributed by atoms with Gasteiger partial charge in [-0.25, -0.2) is 9.37 Å². The first kappa shape index (κ1) is 13.8. The lowest BCUT2D eigenvalue weighted by atomic mass is 10.2. The minimum Gasteiger partial charge on any atom is -0.348 e. The fraction of sp³-hybridized carbons (Fsp3) is 0.0769. The molecule has 98 valence electrons. The zero-order chi connectivity index (χ0) is 13.8. The summed E-state index contributed by atoms with van der Waals surface area (Å²) in [5.41, 5.74) is 0.965. The first-order chi connectivity index (χ1) is 9.06. The molecule has 1 amide bonds. The summed E-state index contributed by atoms with van der Waals surface area (Å²) in [7, 11) is 0. The van der Waals surface area contributed by atoms with Crippen molar-refractivity contribution in [2.24, 2.45) is 0 Å². The van der Waals surface area contributed by atoms with Gasteiger partial charge in [0.15, 0.2) is 0 Å². The molecule has 3 nitrogen and oxygen atoms in total. The minimum atomic E-state index is -0.352. The van der Waals surface area contributed by atoms with E-state index in [1.54, 1.807) is 12.1 Å². The number of benzene rings is 1. The summed E-state index contributed by atoms with van der Waals surface area (Å²) in [5.74, 6) is -0.696. The number of pyridine rings is 1. The fourth-order valence-corrected chi connectivity index (χ4v) is 1.75. The number of amides is 1. The maximum Gasteiger partial charge on any atom is 0.253 e. The third kappa shape index (κ3) is 3.66. The number of hydrogen-bond acceptors (Lipinski definition) is 2. The average Bonchev–Trinajstić information content (AvgIpc) is 2.39. The van der Waals surface area contributed by atoms with Crippen LogP contribution in [0.2, 0.25) is 10.2 Å². The van der Waals surface area contributed by atoms with Crippen LogP contribution in [-0.4, -0.2) is 10.9 Å². The van der Waals surface area contributed by atoms with Crippen molar-refractivity contribution in [2.75, 3.05) is 0 Å². The highest BCUT2D eigenvalue weighted by molar-refractivity contribution is 6.41. The molecule has 19 heavy (non-hydrogen) atoms. The van der Waals surface area contributed by atoms with E-state index < -0.39 is 0 Å². The number of nitrogens with zero attached hydrogens (tertiary/aromatic N) is 1. The topological polar surface area (TPSA) is 42.0 Å². The highest BCUT2D eigenvalue weighted by Crippen LogP contribution is 2.19. The van der Waals surface area contributed by atoms with Crippen molar-refractivity contribution in [3.63, 3.8) is 0 Å².